The van der Waals surface area contributed by atoms with E-state index in [-0.39, 0.29) is 16.4 Å². The molecule has 4 nitrogen and oxygen atoms in total. The van der Waals surface area contributed by atoms with Gasteiger partial charge in [0.25, 0.3) is 5.56 Å². The van der Waals surface area contributed by atoms with Crippen LogP contribution in [0.4, 0.5) is 0 Å². The molecule has 0 saturated heterocycles. The number of nitrogens with zero attached hydrogens (tertiary/aromatic N) is 2. The van der Waals surface area contributed by atoms with Crippen molar-refractivity contribution in [3.63, 3.8) is 0 Å². The van der Waals surface area contributed by atoms with Crippen molar-refractivity contribution in [1.82, 2.24) is 9.55 Å². The minimum Gasteiger partial charge on any atom is -0.497 e. The van der Waals surface area contributed by atoms with Crippen molar-refractivity contribution in [2.24, 2.45) is 0 Å². The van der Waals surface area contributed by atoms with E-state index in [0.29, 0.717) is 6.54 Å². The lowest BCUT2D eigenvalue weighted by Crippen LogP contribution is -2.23. The van der Waals surface area contributed by atoms with Gasteiger partial charge in [-0.25, -0.2) is 4.98 Å². The maximum atomic E-state index is 12.0. The van der Waals surface area contributed by atoms with Crippen LogP contribution in [0, 0.1) is 0 Å². The Bertz CT molecular complexity index is 647. The fourth-order valence-electron chi connectivity index (χ4n) is 1.70. The zero-order chi connectivity index (χ0) is 13.8. The summed E-state index contributed by atoms with van der Waals surface area (Å²) in [5, 5.41) is 0.267. The fraction of sp³-hybridized carbons (Fsp3) is 0.143. The summed E-state index contributed by atoms with van der Waals surface area (Å²) in [5.41, 5.74) is 1.01. The lowest BCUT2D eigenvalue weighted by atomic mass is 10.2. The SMILES string of the molecule is C=Cc1nc(Cl)cn(Cc2ccc(OC)cc2)c1=O. The molecule has 5 heteroatoms. The highest BCUT2D eigenvalue weighted by Gasteiger charge is 2.05. The van der Waals surface area contributed by atoms with Crippen LogP contribution in [0.25, 0.3) is 6.08 Å². The van der Waals surface area contributed by atoms with E-state index in [2.05, 4.69) is 11.6 Å². The minimum absolute atomic E-state index is 0.213. The summed E-state index contributed by atoms with van der Waals surface area (Å²) >= 11 is 5.88. The number of rotatable bonds is 4. The normalized spacial score (nSPS) is 10.2. The maximum Gasteiger partial charge on any atom is 0.276 e. The third-order valence-electron chi connectivity index (χ3n) is 2.67. The molecule has 2 aromatic rings. The molecule has 0 aliphatic carbocycles. The second kappa shape index (κ2) is 5.71. The zero-order valence-corrected chi connectivity index (χ0v) is 11.2. The van der Waals surface area contributed by atoms with Gasteiger partial charge in [-0.2, -0.15) is 0 Å². The molecule has 0 N–H and O–H groups in total. The van der Waals surface area contributed by atoms with Crippen LogP contribution in [0.3, 0.4) is 0 Å². The van der Waals surface area contributed by atoms with Gasteiger partial charge in [0.15, 0.2) is 0 Å². The molecule has 0 bridgehead atoms. The average molecular weight is 277 g/mol. The van der Waals surface area contributed by atoms with Crippen LogP contribution in [0.5, 0.6) is 5.75 Å². The van der Waals surface area contributed by atoms with Crippen molar-refractivity contribution in [3.05, 3.63) is 63.8 Å². The molecule has 0 saturated carbocycles. The molecule has 0 amide bonds. The quantitative estimate of drug-likeness (QED) is 0.862. The lowest BCUT2D eigenvalue weighted by Gasteiger charge is -2.08. The Morgan fingerprint density at radius 3 is 2.68 bits per heavy atom. The summed E-state index contributed by atoms with van der Waals surface area (Å²) in [6.45, 7) is 3.98. The topological polar surface area (TPSA) is 44.1 Å². The number of hydrogen-bond donors (Lipinski definition) is 0. The summed E-state index contributed by atoms with van der Waals surface area (Å²) in [4.78, 5) is 15.9. The predicted molar refractivity (Wildman–Crippen MR) is 75.7 cm³/mol. The van der Waals surface area contributed by atoms with Gasteiger partial charge in [0, 0.05) is 6.20 Å². The van der Waals surface area contributed by atoms with Gasteiger partial charge >= 0.3 is 0 Å². The molecule has 0 unspecified atom stereocenters. The summed E-state index contributed by atoms with van der Waals surface area (Å²) in [5.74, 6) is 0.774. The smallest absolute Gasteiger partial charge is 0.276 e. The number of hydrogen-bond acceptors (Lipinski definition) is 3. The molecule has 98 valence electrons. The molecule has 1 heterocycles. The zero-order valence-electron chi connectivity index (χ0n) is 10.5. The molecule has 0 atom stereocenters. The Balaban J connectivity index is 2.34. The lowest BCUT2D eigenvalue weighted by molar-refractivity contribution is 0.414. The van der Waals surface area contributed by atoms with E-state index in [1.165, 1.54) is 16.8 Å². The summed E-state index contributed by atoms with van der Waals surface area (Å²) < 4.78 is 6.59. The predicted octanol–water partition coefficient (Wildman–Crippen LogP) is 2.60. The van der Waals surface area contributed by atoms with Gasteiger partial charge in [-0.05, 0) is 23.8 Å². The molecule has 1 aromatic carbocycles. The van der Waals surface area contributed by atoms with Crippen molar-refractivity contribution < 1.29 is 4.74 Å². The van der Waals surface area contributed by atoms with E-state index in [1.807, 2.05) is 24.3 Å². The highest BCUT2D eigenvalue weighted by molar-refractivity contribution is 6.29. The van der Waals surface area contributed by atoms with Crippen LogP contribution in [-0.2, 0) is 6.54 Å². The van der Waals surface area contributed by atoms with Crippen molar-refractivity contribution in [1.29, 1.82) is 0 Å². The standard InChI is InChI=1S/C14H13ClN2O2/c1-3-12-14(18)17(9-13(15)16-12)8-10-4-6-11(19-2)7-5-10/h3-7,9H,1,8H2,2H3. The van der Waals surface area contributed by atoms with Gasteiger partial charge in [-0.3, -0.25) is 4.79 Å². The van der Waals surface area contributed by atoms with Gasteiger partial charge in [0.05, 0.1) is 13.7 Å². The molecule has 2 rings (SSSR count). The second-order valence-electron chi connectivity index (χ2n) is 3.93. The van der Waals surface area contributed by atoms with Crippen LogP contribution in [0.15, 0.2) is 41.8 Å². The average Bonchev–Trinajstić information content (AvgIpc) is 2.43. The minimum atomic E-state index is -0.213. The van der Waals surface area contributed by atoms with E-state index in [1.54, 1.807) is 7.11 Å². The molecular formula is C14H13ClN2O2. The first-order valence-electron chi connectivity index (χ1n) is 5.66. The highest BCUT2D eigenvalue weighted by atomic mass is 35.5. The molecular weight excluding hydrogens is 264 g/mol. The van der Waals surface area contributed by atoms with E-state index in [9.17, 15) is 4.79 Å². The van der Waals surface area contributed by atoms with Crippen LogP contribution in [0.2, 0.25) is 5.15 Å². The van der Waals surface area contributed by atoms with Gasteiger partial charge in [-0.1, -0.05) is 30.3 Å². The largest absolute Gasteiger partial charge is 0.497 e. The van der Waals surface area contributed by atoms with Gasteiger partial charge in [-0.15, -0.1) is 0 Å². The van der Waals surface area contributed by atoms with Crippen molar-refractivity contribution in [2.45, 2.75) is 6.54 Å². The molecule has 0 radical (unpaired) electrons. The van der Waals surface area contributed by atoms with Crippen molar-refractivity contribution in [2.75, 3.05) is 7.11 Å². The first-order chi connectivity index (χ1) is 9.13. The van der Waals surface area contributed by atoms with Crippen molar-refractivity contribution >= 4 is 17.7 Å². The Hall–Kier alpha value is -2.07. The maximum absolute atomic E-state index is 12.0. The molecule has 0 aliphatic rings. The summed E-state index contributed by atoms with van der Waals surface area (Å²) in [6, 6.07) is 7.48. The Morgan fingerprint density at radius 2 is 2.11 bits per heavy atom. The first kappa shape index (κ1) is 13.4. The van der Waals surface area contributed by atoms with Gasteiger partial charge < -0.3 is 9.30 Å². The van der Waals surface area contributed by atoms with Gasteiger partial charge in [0.1, 0.15) is 16.6 Å². The number of aromatic nitrogens is 2. The third kappa shape index (κ3) is 3.03. The number of methoxy groups -OCH3 is 1. The van der Waals surface area contributed by atoms with Gasteiger partial charge in [0.2, 0.25) is 0 Å². The Kier molecular flexibility index (Phi) is 4.02. The first-order valence-corrected chi connectivity index (χ1v) is 6.04. The summed E-state index contributed by atoms with van der Waals surface area (Å²) in [7, 11) is 1.61. The number of ether oxygens (including phenoxy) is 1. The molecule has 0 fully saturated rings. The van der Waals surface area contributed by atoms with E-state index < -0.39 is 0 Å². The van der Waals surface area contributed by atoms with Crippen LogP contribution in [-0.4, -0.2) is 16.7 Å². The summed E-state index contributed by atoms with van der Waals surface area (Å²) in [6.07, 6.45) is 2.92. The molecule has 0 aliphatic heterocycles. The fourth-order valence-corrected chi connectivity index (χ4v) is 1.91. The van der Waals surface area contributed by atoms with Crippen LogP contribution >= 0.6 is 11.6 Å². The highest BCUT2D eigenvalue weighted by Crippen LogP contribution is 2.12. The van der Waals surface area contributed by atoms with E-state index in [4.69, 9.17) is 16.3 Å². The van der Waals surface area contributed by atoms with E-state index in [0.717, 1.165) is 11.3 Å². The Labute approximate surface area is 115 Å². The molecule has 0 spiro atoms. The number of benzene rings is 1. The monoisotopic (exact) mass is 276 g/mol. The second-order valence-corrected chi connectivity index (χ2v) is 4.32. The van der Waals surface area contributed by atoms with Crippen molar-refractivity contribution in [3.8, 4) is 5.75 Å². The van der Waals surface area contributed by atoms with Crippen LogP contribution < -0.4 is 10.3 Å². The van der Waals surface area contributed by atoms with E-state index >= 15 is 0 Å². The Morgan fingerprint density at radius 1 is 1.42 bits per heavy atom. The third-order valence-corrected chi connectivity index (χ3v) is 2.86. The number of halogens is 1. The molecule has 1 aromatic heterocycles. The molecule has 19 heavy (non-hydrogen) atoms. The van der Waals surface area contributed by atoms with Crippen LogP contribution in [0.1, 0.15) is 11.3 Å².